The lowest BCUT2D eigenvalue weighted by Gasteiger charge is -2.27. The number of thiophene rings is 1. The predicted octanol–water partition coefficient (Wildman–Crippen LogP) is 2.82. The Balaban J connectivity index is 1.60. The van der Waals surface area contributed by atoms with Crippen LogP contribution in [-0.4, -0.2) is 28.5 Å². The maximum Gasteiger partial charge on any atom is 0.220 e. The quantitative estimate of drug-likeness (QED) is 0.908. The molecule has 0 spiro atoms. The molecule has 0 aromatic carbocycles. The molecular formula is C17H22N4OS. The van der Waals surface area contributed by atoms with Gasteiger partial charge in [0.05, 0.1) is 5.39 Å². The molecule has 1 aliphatic heterocycles. The number of fused-ring (bicyclic) bond motifs is 3. The average molecular weight is 330 g/mol. The molecule has 1 aliphatic carbocycles. The molecule has 2 unspecified atom stereocenters. The molecule has 2 atom stereocenters. The second kappa shape index (κ2) is 5.74. The summed E-state index contributed by atoms with van der Waals surface area (Å²) in [6.07, 6.45) is 5.18. The van der Waals surface area contributed by atoms with Crippen molar-refractivity contribution in [1.29, 1.82) is 0 Å². The van der Waals surface area contributed by atoms with E-state index in [4.69, 9.17) is 0 Å². The summed E-state index contributed by atoms with van der Waals surface area (Å²) in [5.41, 5.74) is 1.45. The van der Waals surface area contributed by atoms with Gasteiger partial charge < -0.3 is 10.6 Å². The summed E-state index contributed by atoms with van der Waals surface area (Å²) >= 11 is 1.82. The molecule has 1 saturated heterocycles. The molecule has 2 aromatic rings. The molecule has 23 heavy (non-hydrogen) atoms. The fourth-order valence-electron chi connectivity index (χ4n) is 3.87. The van der Waals surface area contributed by atoms with E-state index in [1.54, 1.807) is 0 Å². The van der Waals surface area contributed by atoms with Crippen LogP contribution in [0.15, 0.2) is 0 Å². The van der Waals surface area contributed by atoms with Crippen LogP contribution in [0.3, 0.4) is 0 Å². The van der Waals surface area contributed by atoms with E-state index >= 15 is 0 Å². The van der Waals surface area contributed by atoms with Gasteiger partial charge in [0.15, 0.2) is 0 Å². The number of nitrogens with zero attached hydrogens (tertiary/aromatic N) is 2. The molecule has 6 heteroatoms. The van der Waals surface area contributed by atoms with Crippen molar-refractivity contribution >= 4 is 33.3 Å². The molecule has 0 bridgehead atoms. The number of hydrogen-bond acceptors (Lipinski definition) is 5. The fraction of sp³-hybridized carbons (Fsp3) is 0.588. The van der Waals surface area contributed by atoms with Crippen LogP contribution >= 0.6 is 11.3 Å². The summed E-state index contributed by atoms with van der Waals surface area (Å²) in [5.74, 6) is 2.31. The van der Waals surface area contributed by atoms with Crippen molar-refractivity contribution < 1.29 is 4.79 Å². The highest BCUT2D eigenvalue weighted by Gasteiger charge is 2.25. The number of aryl methyl sites for hydroxylation is 3. The normalized spacial score (nSPS) is 23.8. The number of piperidine rings is 1. The number of aromatic nitrogens is 2. The summed E-state index contributed by atoms with van der Waals surface area (Å²) in [5, 5.41) is 7.74. The number of carbonyl (C=O) groups excluding carboxylic acids is 1. The van der Waals surface area contributed by atoms with Crippen LogP contribution in [0.1, 0.15) is 42.5 Å². The van der Waals surface area contributed by atoms with Crippen molar-refractivity contribution in [3.8, 4) is 0 Å². The zero-order valence-electron chi connectivity index (χ0n) is 13.6. The standard InChI is InChI=1S/C17H22N4OS/c1-9-6-11(7-14(22)19-9)8-18-16-15-12-4-3-5-13(12)23-17(15)21-10(2)20-16/h9,11H,3-8H2,1-2H3,(H,19,22)(H,18,20,21). The van der Waals surface area contributed by atoms with Crippen molar-refractivity contribution in [3.05, 3.63) is 16.3 Å². The third-order valence-electron chi connectivity index (χ3n) is 4.80. The summed E-state index contributed by atoms with van der Waals surface area (Å²) in [4.78, 5) is 23.6. The van der Waals surface area contributed by atoms with Gasteiger partial charge in [-0.15, -0.1) is 11.3 Å². The van der Waals surface area contributed by atoms with E-state index in [0.717, 1.165) is 35.9 Å². The largest absolute Gasteiger partial charge is 0.369 e. The van der Waals surface area contributed by atoms with Gasteiger partial charge in [-0.1, -0.05) is 0 Å². The van der Waals surface area contributed by atoms with Gasteiger partial charge in [-0.05, 0) is 51.0 Å². The lowest BCUT2D eigenvalue weighted by atomic mass is 9.93. The van der Waals surface area contributed by atoms with Gasteiger partial charge >= 0.3 is 0 Å². The van der Waals surface area contributed by atoms with E-state index in [1.165, 1.54) is 28.7 Å². The Hall–Kier alpha value is -1.69. The average Bonchev–Trinajstić information content (AvgIpc) is 3.03. The van der Waals surface area contributed by atoms with Gasteiger partial charge in [-0.2, -0.15) is 0 Å². The van der Waals surface area contributed by atoms with Crippen molar-refractivity contribution in [2.45, 2.75) is 52.0 Å². The Morgan fingerprint density at radius 1 is 1.35 bits per heavy atom. The molecule has 5 nitrogen and oxygen atoms in total. The molecule has 1 fully saturated rings. The number of rotatable bonds is 3. The molecule has 4 rings (SSSR count). The number of nitrogens with one attached hydrogen (secondary N) is 2. The molecule has 2 N–H and O–H groups in total. The zero-order chi connectivity index (χ0) is 16.0. The van der Waals surface area contributed by atoms with Gasteiger partial charge in [0.1, 0.15) is 16.5 Å². The number of carbonyl (C=O) groups is 1. The fourth-order valence-corrected chi connectivity index (χ4v) is 5.17. The second-order valence-electron chi connectivity index (χ2n) is 6.81. The van der Waals surface area contributed by atoms with Crippen molar-refractivity contribution in [2.75, 3.05) is 11.9 Å². The smallest absolute Gasteiger partial charge is 0.220 e. The van der Waals surface area contributed by atoms with Crippen LogP contribution in [-0.2, 0) is 17.6 Å². The van der Waals surface area contributed by atoms with E-state index < -0.39 is 0 Å². The minimum absolute atomic E-state index is 0.163. The Kier molecular flexibility index (Phi) is 3.71. The van der Waals surface area contributed by atoms with Crippen molar-refractivity contribution in [3.63, 3.8) is 0 Å². The van der Waals surface area contributed by atoms with Crippen molar-refractivity contribution in [2.24, 2.45) is 5.92 Å². The first-order chi connectivity index (χ1) is 11.1. The summed E-state index contributed by atoms with van der Waals surface area (Å²) in [6.45, 7) is 4.82. The van der Waals surface area contributed by atoms with Crippen LogP contribution in [0.2, 0.25) is 0 Å². The molecule has 0 saturated carbocycles. The van der Waals surface area contributed by atoms with Gasteiger partial charge in [-0.25, -0.2) is 9.97 Å². The van der Waals surface area contributed by atoms with Gasteiger partial charge in [0, 0.05) is 23.9 Å². The lowest BCUT2D eigenvalue weighted by molar-refractivity contribution is -0.124. The zero-order valence-corrected chi connectivity index (χ0v) is 14.4. The molecule has 122 valence electrons. The SMILES string of the molecule is Cc1nc(NCC2CC(=O)NC(C)C2)c2c3c(sc2n1)CCC3. The molecule has 2 aliphatic rings. The van der Waals surface area contributed by atoms with E-state index in [1.807, 2.05) is 18.3 Å². The third kappa shape index (κ3) is 2.80. The molecule has 1 amide bonds. The van der Waals surface area contributed by atoms with Crippen LogP contribution in [0.25, 0.3) is 10.2 Å². The van der Waals surface area contributed by atoms with Crippen molar-refractivity contribution in [1.82, 2.24) is 15.3 Å². The van der Waals surface area contributed by atoms with Crippen LogP contribution in [0.5, 0.6) is 0 Å². The maximum absolute atomic E-state index is 11.7. The van der Waals surface area contributed by atoms with E-state index in [-0.39, 0.29) is 11.9 Å². The molecule has 0 radical (unpaired) electrons. The number of hydrogen-bond donors (Lipinski definition) is 2. The Morgan fingerprint density at radius 3 is 3.04 bits per heavy atom. The highest BCUT2D eigenvalue weighted by molar-refractivity contribution is 7.19. The Labute approximate surface area is 139 Å². The highest BCUT2D eigenvalue weighted by Crippen LogP contribution is 2.39. The summed E-state index contributed by atoms with van der Waals surface area (Å²) in [6, 6.07) is 0.264. The topological polar surface area (TPSA) is 66.9 Å². The third-order valence-corrected chi connectivity index (χ3v) is 5.99. The molecular weight excluding hydrogens is 308 g/mol. The highest BCUT2D eigenvalue weighted by atomic mass is 32.1. The maximum atomic E-state index is 11.7. The first-order valence-corrected chi connectivity index (χ1v) is 9.24. The molecule has 2 aromatic heterocycles. The van der Waals surface area contributed by atoms with E-state index in [9.17, 15) is 4.79 Å². The van der Waals surface area contributed by atoms with E-state index in [2.05, 4.69) is 27.5 Å². The molecule has 3 heterocycles. The lowest BCUT2D eigenvalue weighted by Crippen LogP contribution is -2.42. The summed E-state index contributed by atoms with van der Waals surface area (Å²) < 4.78 is 0. The van der Waals surface area contributed by atoms with Gasteiger partial charge in [-0.3, -0.25) is 4.79 Å². The van der Waals surface area contributed by atoms with E-state index in [0.29, 0.717) is 12.3 Å². The Morgan fingerprint density at radius 2 is 2.22 bits per heavy atom. The number of anilines is 1. The first kappa shape index (κ1) is 14.9. The summed E-state index contributed by atoms with van der Waals surface area (Å²) in [7, 11) is 0. The van der Waals surface area contributed by atoms with Gasteiger partial charge in [0.25, 0.3) is 0 Å². The minimum Gasteiger partial charge on any atom is -0.369 e. The van der Waals surface area contributed by atoms with Crippen LogP contribution < -0.4 is 10.6 Å². The predicted molar refractivity (Wildman–Crippen MR) is 93.0 cm³/mol. The van der Waals surface area contributed by atoms with Gasteiger partial charge in [0.2, 0.25) is 5.91 Å². The van der Waals surface area contributed by atoms with Crippen LogP contribution in [0.4, 0.5) is 5.82 Å². The monoisotopic (exact) mass is 330 g/mol. The Bertz CT molecular complexity index is 770. The number of amides is 1. The van der Waals surface area contributed by atoms with Crippen LogP contribution in [0, 0.1) is 12.8 Å². The first-order valence-electron chi connectivity index (χ1n) is 8.42. The second-order valence-corrected chi connectivity index (χ2v) is 7.90. The minimum atomic E-state index is 0.163.